The van der Waals surface area contributed by atoms with E-state index in [0.717, 1.165) is 51.4 Å². The molecule has 286 valence electrons. The van der Waals surface area contributed by atoms with Crippen molar-refractivity contribution in [1.29, 1.82) is 0 Å². The summed E-state index contributed by atoms with van der Waals surface area (Å²) in [6.07, 6.45) is 12.2. The van der Waals surface area contributed by atoms with Crippen molar-refractivity contribution >= 4 is 29.5 Å². The van der Waals surface area contributed by atoms with Crippen LogP contribution in [0, 0.1) is 40.9 Å². The number of hydrogen-bond donors (Lipinski definition) is 5. The lowest BCUT2D eigenvalue weighted by Crippen LogP contribution is -2.63. The number of nitrogens with one attached hydrogen (secondary N) is 4. The SMILES string of the molecule is C=CCNC(=O)C(O)C(CC1CCC1)NC(=O)[C@@H]1C2C(C(C)C)[C@H]2CN1C(=O)[C@@H](NC(=O)[C@@H](NC(=O)c1cnccn1)C1CCCCC1)C(C)(C)C. The number of fused-ring (bicyclic) bond motifs is 1. The van der Waals surface area contributed by atoms with Crippen LogP contribution in [0.2, 0.25) is 0 Å². The van der Waals surface area contributed by atoms with Gasteiger partial charge in [-0.1, -0.05) is 79.2 Å². The molecule has 4 fully saturated rings. The van der Waals surface area contributed by atoms with Gasteiger partial charge in [0.1, 0.15) is 23.8 Å². The zero-order valence-electron chi connectivity index (χ0n) is 31.5. The van der Waals surface area contributed by atoms with Gasteiger partial charge in [-0.3, -0.25) is 29.0 Å². The minimum Gasteiger partial charge on any atom is -0.381 e. The molecule has 1 saturated heterocycles. The molecular weight excluding hydrogens is 662 g/mol. The zero-order chi connectivity index (χ0) is 37.7. The Morgan fingerprint density at radius 3 is 2.27 bits per heavy atom. The number of amides is 5. The lowest BCUT2D eigenvalue weighted by Gasteiger charge is -2.39. The number of aliphatic hydroxyl groups excluding tert-OH is 1. The molecule has 1 aromatic rings. The highest BCUT2D eigenvalue weighted by Crippen LogP contribution is 2.59. The minimum atomic E-state index is -1.46. The molecule has 0 aromatic carbocycles. The molecule has 0 bridgehead atoms. The predicted molar refractivity (Wildman–Crippen MR) is 195 cm³/mol. The van der Waals surface area contributed by atoms with Crippen LogP contribution in [-0.4, -0.2) is 92.9 Å². The summed E-state index contributed by atoms with van der Waals surface area (Å²) in [5, 5.41) is 22.7. The molecule has 3 aliphatic carbocycles. The van der Waals surface area contributed by atoms with Crippen LogP contribution in [0.15, 0.2) is 31.2 Å². The Hall–Kier alpha value is -3.87. The van der Waals surface area contributed by atoms with Crippen LogP contribution in [-0.2, 0) is 19.2 Å². The van der Waals surface area contributed by atoms with E-state index in [1.54, 1.807) is 4.90 Å². The Morgan fingerprint density at radius 2 is 1.69 bits per heavy atom. The van der Waals surface area contributed by atoms with Crippen molar-refractivity contribution in [2.45, 2.75) is 123 Å². The van der Waals surface area contributed by atoms with Crippen molar-refractivity contribution in [2.24, 2.45) is 40.9 Å². The van der Waals surface area contributed by atoms with Crippen molar-refractivity contribution < 1.29 is 29.1 Å². The van der Waals surface area contributed by atoms with Gasteiger partial charge >= 0.3 is 0 Å². The van der Waals surface area contributed by atoms with Crippen molar-refractivity contribution in [1.82, 2.24) is 36.1 Å². The summed E-state index contributed by atoms with van der Waals surface area (Å²) in [5.74, 6) is -1.51. The number of aromatic nitrogens is 2. The molecule has 5 amide bonds. The molecule has 4 unspecified atom stereocenters. The molecule has 0 radical (unpaired) electrons. The van der Waals surface area contributed by atoms with E-state index in [1.165, 1.54) is 24.7 Å². The first kappa shape index (κ1) is 39.3. The highest BCUT2D eigenvalue weighted by molar-refractivity contribution is 5.98. The van der Waals surface area contributed by atoms with Crippen LogP contribution in [0.1, 0.15) is 103 Å². The van der Waals surface area contributed by atoms with Gasteiger partial charge in [-0.15, -0.1) is 6.58 Å². The zero-order valence-corrected chi connectivity index (χ0v) is 31.5. The molecule has 52 heavy (non-hydrogen) atoms. The molecule has 3 saturated carbocycles. The van der Waals surface area contributed by atoms with Gasteiger partial charge < -0.3 is 31.3 Å². The van der Waals surface area contributed by atoms with Crippen molar-refractivity contribution in [3.63, 3.8) is 0 Å². The van der Waals surface area contributed by atoms with Gasteiger partial charge in [-0.05, 0) is 60.2 Å². The Bertz CT molecular complexity index is 1450. The first-order chi connectivity index (χ1) is 24.7. The Labute approximate surface area is 307 Å². The largest absolute Gasteiger partial charge is 0.381 e. The normalized spacial score (nSPS) is 25.5. The van der Waals surface area contributed by atoms with Crippen LogP contribution in [0.3, 0.4) is 0 Å². The fourth-order valence-corrected chi connectivity index (χ4v) is 8.77. The van der Waals surface area contributed by atoms with E-state index in [9.17, 15) is 29.1 Å². The minimum absolute atomic E-state index is 0.0717. The van der Waals surface area contributed by atoms with Gasteiger partial charge in [0, 0.05) is 25.5 Å². The molecule has 13 nitrogen and oxygen atoms in total. The summed E-state index contributed by atoms with van der Waals surface area (Å²) in [6, 6.07) is -3.51. The number of carbonyl (C=O) groups excluding carboxylic acids is 5. The average molecular weight is 722 g/mol. The van der Waals surface area contributed by atoms with Crippen molar-refractivity contribution in [2.75, 3.05) is 13.1 Å². The lowest BCUT2D eigenvalue weighted by atomic mass is 9.79. The van der Waals surface area contributed by atoms with E-state index >= 15 is 0 Å². The number of rotatable bonds is 15. The second-order valence-corrected chi connectivity index (χ2v) is 16.9. The lowest BCUT2D eigenvalue weighted by molar-refractivity contribution is -0.146. The van der Waals surface area contributed by atoms with Gasteiger partial charge in [0.05, 0.1) is 12.2 Å². The summed E-state index contributed by atoms with van der Waals surface area (Å²) in [4.78, 5) is 79.1. The standard InChI is InChI=1S/C39H59N7O6/c1-7-16-42-37(51)32(47)26(19-23-12-11-13-23)43-36(50)31-29-25(28(29)22(2)3)21-46(31)38(52)33(39(4,5)6)45-35(49)30(24-14-9-8-10-15-24)44-34(48)27-20-40-17-18-41-27/h7,17-18,20,22-26,28-33,47H,1,8-16,19,21H2,2-6H3,(H,42,51)(H,43,50)(H,44,48)(H,45,49)/t25-,26?,28?,29?,30+,31+,32?,33-/m1/s1. The van der Waals surface area contributed by atoms with Gasteiger partial charge in [0.25, 0.3) is 11.8 Å². The maximum Gasteiger partial charge on any atom is 0.272 e. The highest BCUT2D eigenvalue weighted by Gasteiger charge is 2.65. The van der Waals surface area contributed by atoms with E-state index in [2.05, 4.69) is 51.7 Å². The molecule has 8 atom stereocenters. The fraction of sp³-hybridized carbons (Fsp3) is 0.718. The molecule has 4 aliphatic rings. The number of piperidine rings is 1. The first-order valence-electron chi connectivity index (χ1n) is 19.3. The second-order valence-electron chi connectivity index (χ2n) is 16.9. The predicted octanol–water partition coefficient (Wildman–Crippen LogP) is 2.75. The fourth-order valence-electron chi connectivity index (χ4n) is 8.77. The summed E-state index contributed by atoms with van der Waals surface area (Å²) in [6.45, 7) is 14.1. The van der Waals surface area contributed by atoms with Gasteiger partial charge in [0.15, 0.2) is 6.10 Å². The van der Waals surface area contributed by atoms with E-state index in [1.807, 2.05) is 20.8 Å². The van der Waals surface area contributed by atoms with Crippen molar-refractivity contribution in [3.8, 4) is 0 Å². The number of carbonyl (C=O) groups is 5. The van der Waals surface area contributed by atoms with Crippen LogP contribution in [0.5, 0.6) is 0 Å². The van der Waals surface area contributed by atoms with Gasteiger partial charge in [-0.25, -0.2) is 4.98 Å². The summed E-state index contributed by atoms with van der Waals surface area (Å²) >= 11 is 0. The van der Waals surface area contributed by atoms with Gasteiger partial charge in [-0.2, -0.15) is 0 Å². The highest BCUT2D eigenvalue weighted by atomic mass is 16.3. The Balaban J connectivity index is 1.37. The molecule has 2 heterocycles. The Kier molecular flexibility index (Phi) is 12.8. The van der Waals surface area contributed by atoms with Crippen LogP contribution < -0.4 is 21.3 Å². The quantitative estimate of drug-likeness (QED) is 0.171. The monoisotopic (exact) mass is 721 g/mol. The Morgan fingerprint density at radius 1 is 0.981 bits per heavy atom. The molecule has 13 heteroatoms. The van der Waals surface area contributed by atoms with Gasteiger partial charge in [0.2, 0.25) is 17.7 Å². The first-order valence-corrected chi connectivity index (χ1v) is 19.3. The molecule has 5 rings (SSSR count). The smallest absolute Gasteiger partial charge is 0.272 e. The topological polar surface area (TPSA) is 183 Å². The third-order valence-corrected chi connectivity index (χ3v) is 11.8. The maximum absolute atomic E-state index is 14.7. The molecular formula is C39H59N7O6. The van der Waals surface area contributed by atoms with Crippen molar-refractivity contribution in [3.05, 3.63) is 36.9 Å². The maximum atomic E-state index is 14.7. The number of aliphatic hydroxyl groups is 1. The molecule has 1 aromatic heterocycles. The summed E-state index contributed by atoms with van der Waals surface area (Å²) in [5.41, 5.74) is -0.640. The molecule has 1 aliphatic heterocycles. The summed E-state index contributed by atoms with van der Waals surface area (Å²) in [7, 11) is 0. The second kappa shape index (κ2) is 16.9. The summed E-state index contributed by atoms with van der Waals surface area (Å²) < 4.78 is 0. The van der Waals surface area contributed by atoms with E-state index in [0.29, 0.717) is 18.9 Å². The van der Waals surface area contributed by atoms with E-state index in [-0.39, 0.29) is 53.6 Å². The van der Waals surface area contributed by atoms with E-state index in [4.69, 9.17) is 0 Å². The molecule has 0 spiro atoms. The number of hydrogen-bond acceptors (Lipinski definition) is 8. The third-order valence-electron chi connectivity index (χ3n) is 11.8. The van der Waals surface area contributed by atoms with Crippen LogP contribution in [0.25, 0.3) is 0 Å². The number of likely N-dealkylation sites (tertiary alicyclic amines) is 1. The number of nitrogens with zero attached hydrogens (tertiary/aromatic N) is 3. The molecule has 5 N–H and O–H groups in total. The van der Waals surface area contributed by atoms with Crippen LogP contribution >= 0.6 is 0 Å². The average Bonchev–Trinajstić information content (AvgIpc) is 3.68. The third kappa shape index (κ3) is 9.01. The van der Waals surface area contributed by atoms with Crippen LogP contribution in [0.4, 0.5) is 0 Å². The van der Waals surface area contributed by atoms with E-state index < -0.39 is 53.4 Å².